The number of hydrogen-bond acceptors (Lipinski definition) is 1. The molecule has 2 aromatic carbocycles. The molecule has 0 amide bonds. The molecular formula is C18H18N2Se. The number of aryl methyl sites for hydroxylation is 2. The summed E-state index contributed by atoms with van der Waals surface area (Å²) in [5.74, 6) is 0. The summed E-state index contributed by atoms with van der Waals surface area (Å²) in [4.78, 5) is 0. The second-order valence-electron chi connectivity index (χ2n) is 5.17. The third-order valence-electron chi connectivity index (χ3n) is 3.43. The van der Waals surface area contributed by atoms with E-state index in [1.807, 2.05) is 0 Å². The Hall–Kier alpha value is -1.83. The standard InChI is InChI=1S/C18H18N2Se/c1-13-8-7-9-16(12-13)20-15(3)18(14(2)19-20)21-17-10-5-4-6-11-17/h4-12H,1-3H3. The van der Waals surface area contributed by atoms with E-state index in [1.165, 1.54) is 20.2 Å². The van der Waals surface area contributed by atoms with Gasteiger partial charge < -0.3 is 0 Å². The minimum absolute atomic E-state index is 0.303. The van der Waals surface area contributed by atoms with Gasteiger partial charge in [-0.3, -0.25) is 0 Å². The summed E-state index contributed by atoms with van der Waals surface area (Å²) in [7, 11) is 0. The van der Waals surface area contributed by atoms with Gasteiger partial charge in [0, 0.05) is 0 Å². The predicted octanol–water partition coefficient (Wildman–Crippen LogP) is 2.45. The quantitative estimate of drug-likeness (QED) is 0.669. The van der Waals surface area contributed by atoms with Gasteiger partial charge in [0.15, 0.2) is 0 Å². The van der Waals surface area contributed by atoms with E-state index in [1.54, 1.807) is 0 Å². The number of nitrogens with zero attached hydrogens (tertiary/aromatic N) is 2. The Kier molecular flexibility index (Phi) is 3.96. The van der Waals surface area contributed by atoms with Crippen LogP contribution in [0.5, 0.6) is 0 Å². The van der Waals surface area contributed by atoms with E-state index in [4.69, 9.17) is 5.10 Å². The molecule has 0 spiro atoms. The van der Waals surface area contributed by atoms with Crippen molar-refractivity contribution in [3.05, 3.63) is 71.5 Å². The molecule has 106 valence electrons. The van der Waals surface area contributed by atoms with Crippen LogP contribution in [0.15, 0.2) is 54.6 Å². The Morgan fingerprint density at radius 1 is 0.905 bits per heavy atom. The molecule has 3 heteroatoms. The zero-order valence-corrected chi connectivity index (χ0v) is 14.2. The molecule has 2 nitrogen and oxygen atoms in total. The molecule has 0 saturated carbocycles. The molecular weight excluding hydrogens is 323 g/mol. The Morgan fingerprint density at radius 2 is 1.67 bits per heavy atom. The van der Waals surface area contributed by atoms with Crippen LogP contribution in [0, 0.1) is 20.8 Å². The zero-order chi connectivity index (χ0) is 14.8. The summed E-state index contributed by atoms with van der Waals surface area (Å²) < 4.78 is 4.85. The van der Waals surface area contributed by atoms with Gasteiger partial charge in [-0.2, -0.15) is 0 Å². The Bertz CT molecular complexity index is 760. The fourth-order valence-corrected chi connectivity index (χ4v) is 4.39. The summed E-state index contributed by atoms with van der Waals surface area (Å²) in [5.41, 5.74) is 4.79. The van der Waals surface area contributed by atoms with E-state index in [-0.39, 0.29) is 0 Å². The van der Waals surface area contributed by atoms with Crippen LogP contribution in [0.3, 0.4) is 0 Å². The Labute approximate surface area is 132 Å². The van der Waals surface area contributed by atoms with Crippen LogP contribution in [0.4, 0.5) is 0 Å². The minimum atomic E-state index is 0.303. The van der Waals surface area contributed by atoms with Crippen LogP contribution in [-0.2, 0) is 0 Å². The Morgan fingerprint density at radius 3 is 2.38 bits per heavy atom. The first-order chi connectivity index (χ1) is 10.1. The third kappa shape index (κ3) is 2.94. The number of benzene rings is 2. The van der Waals surface area contributed by atoms with E-state index < -0.39 is 0 Å². The molecule has 0 radical (unpaired) electrons. The van der Waals surface area contributed by atoms with E-state index in [0.29, 0.717) is 15.0 Å². The van der Waals surface area contributed by atoms with Crippen LogP contribution in [0.2, 0.25) is 0 Å². The Balaban J connectivity index is 2.01. The molecule has 0 aliphatic rings. The van der Waals surface area contributed by atoms with Crippen molar-refractivity contribution in [1.29, 1.82) is 0 Å². The molecule has 0 fully saturated rings. The van der Waals surface area contributed by atoms with Gasteiger partial charge in [-0.25, -0.2) is 0 Å². The fourth-order valence-electron chi connectivity index (χ4n) is 2.39. The van der Waals surface area contributed by atoms with Crippen LogP contribution in [0.1, 0.15) is 17.0 Å². The molecule has 3 aromatic rings. The first-order valence-corrected chi connectivity index (χ1v) is 8.72. The van der Waals surface area contributed by atoms with Gasteiger partial charge in [0.25, 0.3) is 0 Å². The third-order valence-corrected chi connectivity index (χ3v) is 6.17. The second kappa shape index (κ2) is 5.88. The average Bonchev–Trinajstić information content (AvgIpc) is 2.76. The summed E-state index contributed by atoms with van der Waals surface area (Å²) in [5, 5.41) is 4.75. The number of hydrogen-bond donors (Lipinski definition) is 0. The molecule has 3 rings (SSSR count). The van der Waals surface area contributed by atoms with Crippen LogP contribution >= 0.6 is 0 Å². The summed E-state index contributed by atoms with van der Waals surface area (Å²) in [6, 6.07) is 19.2. The molecule has 0 bridgehead atoms. The topological polar surface area (TPSA) is 17.8 Å². The molecule has 1 aromatic heterocycles. The second-order valence-corrected chi connectivity index (χ2v) is 7.44. The van der Waals surface area contributed by atoms with Gasteiger partial charge in [-0.15, -0.1) is 0 Å². The molecule has 0 saturated heterocycles. The van der Waals surface area contributed by atoms with Crippen molar-refractivity contribution >= 4 is 23.9 Å². The van der Waals surface area contributed by atoms with Crippen LogP contribution in [0.25, 0.3) is 5.69 Å². The van der Waals surface area contributed by atoms with E-state index in [9.17, 15) is 0 Å². The van der Waals surface area contributed by atoms with Crippen molar-refractivity contribution in [2.24, 2.45) is 0 Å². The van der Waals surface area contributed by atoms with Gasteiger partial charge in [0.2, 0.25) is 0 Å². The number of rotatable bonds is 3. The monoisotopic (exact) mass is 342 g/mol. The van der Waals surface area contributed by atoms with E-state index in [0.717, 1.165) is 11.4 Å². The summed E-state index contributed by atoms with van der Waals surface area (Å²) >= 11 is 0.303. The van der Waals surface area contributed by atoms with Gasteiger partial charge in [-0.05, 0) is 0 Å². The van der Waals surface area contributed by atoms with Crippen molar-refractivity contribution in [2.45, 2.75) is 20.8 Å². The molecule has 0 aliphatic carbocycles. The summed E-state index contributed by atoms with van der Waals surface area (Å²) in [6.07, 6.45) is 0. The summed E-state index contributed by atoms with van der Waals surface area (Å²) in [6.45, 7) is 6.39. The molecule has 0 N–H and O–H groups in total. The van der Waals surface area contributed by atoms with Crippen molar-refractivity contribution in [2.75, 3.05) is 0 Å². The first-order valence-electron chi connectivity index (χ1n) is 7.01. The van der Waals surface area contributed by atoms with Gasteiger partial charge >= 0.3 is 132 Å². The van der Waals surface area contributed by atoms with E-state index in [2.05, 4.69) is 80.1 Å². The van der Waals surface area contributed by atoms with Crippen molar-refractivity contribution < 1.29 is 0 Å². The first kappa shape index (κ1) is 14.1. The van der Waals surface area contributed by atoms with Crippen LogP contribution in [-0.4, -0.2) is 24.7 Å². The van der Waals surface area contributed by atoms with Gasteiger partial charge in [-0.1, -0.05) is 0 Å². The van der Waals surface area contributed by atoms with Crippen molar-refractivity contribution in [1.82, 2.24) is 9.78 Å². The molecule has 0 unspecified atom stereocenters. The molecule has 0 aliphatic heterocycles. The number of aromatic nitrogens is 2. The van der Waals surface area contributed by atoms with Gasteiger partial charge in [0.05, 0.1) is 0 Å². The van der Waals surface area contributed by atoms with Crippen molar-refractivity contribution in [3.63, 3.8) is 0 Å². The molecule has 21 heavy (non-hydrogen) atoms. The normalized spacial score (nSPS) is 10.8. The van der Waals surface area contributed by atoms with E-state index >= 15 is 0 Å². The molecule has 1 heterocycles. The fraction of sp³-hybridized carbons (Fsp3) is 0.167. The van der Waals surface area contributed by atoms with Crippen molar-refractivity contribution in [3.8, 4) is 5.69 Å². The van der Waals surface area contributed by atoms with Crippen LogP contribution < -0.4 is 8.92 Å². The SMILES string of the molecule is Cc1cccc(-n2nc(C)c([Se]c3ccccc3)c2C)c1. The maximum absolute atomic E-state index is 4.75. The maximum atomic E-state index is 4.75. The van der Waals surface area contributed by atoms with Gasteiger partial charge in [0.1, 0.15) is 0 Å². The predicted molar refractivity (Wildman–Crippen MR) is 89.2 cm³/mol. The molecule has 0 atom stereocenters. The zero-order valence-electron chi connectivity index (χ0n) is 12.5. The average molecular weight is 341 g/mol.